The van der Waals surface area contributed by atoms with Gasteiger partial charge in [0.1, 0.15) is 6.04 Å². The highest BCUT2D eigenvalue weighted by Crippen LogP contribution is 2.32. The van der Waals surface area contributed by atoms with Crippen LogP contribution in [0.2, 0.25) is 0 Å². The molecule has 1 heterocycles. The van der Waals surface area contributed by atoms with E-state index in [-0.39, 0.29) is 13.4 Å². The molecule has 1 aliphatic rings. The highest BCUT2D eigenvalue weighted by molar-refractivity contribution is 5.75. The van der Waals surface area contributed by atoms with Crippen LogP contribution in [0.3, 0.4) is 0 Å². The second-order valence-corrected chi connectivity index (χ2v) is 3.83. The molecule has 2 N–H and O–H groups in total. The first-order valence-electron chi connectivity index (χ1n) is 5.55. The van der Waals surface area contributed by atoms with Crippen molar-refractivity contribution in [1.29, 1.82) is 0 Å². The van der Waals surface area contributed by atoms with Gasteiger partial charge in [-0.25, -0.2) is 0 Å². The van der Waals surface area contributed by atoms with Crippen LogP contribution in [-0.2, 0) is 16.1 Å². The number of fused-ring (bicyclic) bond motifs is 1. The van der Waals surface area contributed by atoms with E-state index in [2.05, 4.69) is 10.1 Å². The first kappa shape index (κ1) is 12.7. The predicted octanol–water partition coefficient (Wildman–Crippen LogP) is 0.0388. The van der Waals surface area contributed by atoms with Crippen molar-refractivity contribution in [1.82, 2.24) is 5.32 Å². The number of carbonyl (C=O) groups excluding carboxylic acids is 1. The number of aliphatic hydroxyl groups is 1. The van der Waals surface area contributed by atoms with E-state index in [1.165, 1.54) is 7.11 Å². The summed E-state index contributed by atoms with van der Waals surface area (Å²) in [5.74, 6) is 0.914. The van der Waals surface area contributed by atoms with Gasteiger partial charge < -0.3 is 19.3 Å². The van der Waals surface area contributed by atoms with E-state index < -0.39 is 12.0 Å². The van der Waals surface area contributed by atoms with Gasteiger partial charge in [-0.2, -0.15) is 0 Å². The molecule has 6 heteroatoms. The lowest BCUT2D eigenvalue weighted by molar-refractivity contribution is -0.144. The van der Waals surface area contributed by atoms with Crippen LogP contribution < -0.4 is 14.8 Å². The third kappa shape index (κ3) is 2.72. The Balaban J connectivity index is 1.95. The lowest BCUT2D eigenvalue weighted by Crippen LogP contribution is -2.40. The summed E-state index contributed by atoms with van der Waals surface area (Å²) < 4.78 is 15.0. The molecule has 0 aliphatic carbocycles. The summed E-state index contributed by atoms with van der Waals surface area (Å²) in [5, 5.41) is 12.0. The third-order valence-electron chi connectivity index (χ3n) is 2.66. The Hall–Kier alpha value is -1.79. The minimum Gasteiger partial charge on any atom is -0.468 e. The summed E-state index contributed by atoms with van der Waals surface area (Å²) in [7, 11) is 1.28. The Morgan fingerprint density at radius 2 is 2.28 bits per heavy atom. The molecule has 18 heavy (non-hydrogen) atoms. The van der Waals surface area contributed by atoms with Gasteiger partial charge in [0.15, 0.2) is 11.5 Å². The largest absolute Gasteiger partial charge is 0.468 e. The van der Waals surface area contributed by atoms with Gasteiger partial charge in [-0.05, 0) is 17.7 Å². The van der Waals surface area contributed by atoms with Gasteiger partial charge in [0.05, 0.1) is 13.7 Å². The minimum absolute atomic E-state index is 0.230. The molecule has 0 amide bonds. The van der Waals surface area contributed by atoms with Crippen molar-refractivity contribution in [3.8, 4) is 11.5 Å². The number of esters is 1. The molecule has 0 radical (unpaired) electrons. The fourth-order valence-electron chi connectivity index (χ4n) is 1.66. The molecular weight excluding hydrogens is 238 g/mol. The average molecular weight is 253 g/mol. The summed E-state index contributed by atoms with van der Waals surface area (Å²) >= 11 is 0. The van der Waals surface area contributed by atoms with Crippen LogP contribution in [0.5, 0.6) is 11.5 Å². The molecule has 0 aromatic heterocycles. The number of hydrogen-bond donors (Lipinski definition) is 2. The maximum absolute atomic E-state index is 11.3. The molecule has 0 fully saturated rings. The van der Waals surface area contributed by atoms with Crippen molar-refractivity contribution >= 4 is 5.97 Å². The van der Waals surface area contributed by atoms with E-state index in [0.29, 0.717) is 18.0 Å². The lowest BCUT2D eigenvalue weighted by Gasteiger charge is -2.13. The Bertz CT molecular complexity index is 434. The van der Waals surface area contributed by atoms with Gasteiger partial charge in [0, 0.05) is 6.54 Å². The third-order valence-corrected chi connectivity index (χ3v) is 2.66. The SMILES string of the molecule is COC(=O)[C@H](CO)NCc1ccc2c(c1)OCO2. The molecular formula is C12H15NO5. The second kappa shape index (κ2) is 5.70. The quantitative estimate of drug-likeness (QED) is 0.721. The fourth-order valence-corrected chi connectivity index (χ4v) is 1.66. The number of aliphatic hydroxyl groups excluding tert-OH is 1. The smallest absolute Gasteiger partial charge is 0.325 e. The lowest BCUT2D eigenvalue weighted by atomic mass is 10.2. The van der Waals surface area contributed by atoms with Gasteiger partial charge in [-0.3, -0.25) is 10.1 Å². The Kier molecular flexibility index (Phi) is 4.01. The standard InChI is InChI=1S/C12H15NO5/c1-16-12(15)9(6-14)13-5-8-2-3-10-11(4-8)18-7-17-10/h2-4,9,13-14H,5-7H2,1H3/t9-/m0/s1. The first-order chi connectivity index (χ1) is 8.74. The molecule has 6 nitrogen and oxygen atoms in total. The van der Waals surface area contributed by atoms with Gasteiger partial charge in [-0.15, -0.1) is 0 Å². The number of nitrogens with one attached hydrogen (secondary N) is 1. The van der Waals surface area contributed by atoms with Gasteiger partial charge in [0.25, 0.3) is 0 Å². The van der Waals surface area contributed by atoms with Crippen LogP contribution in [-0.4, -0.2) is 37.6 Å². The maximum atomic E-state index is 11.3. The van der Waals surface area contributed by atoms with E-state index in [9.17, 15) is 4.79 Å². The molecule has 1 aromatic rings. The van der Waals surface area contributed by atoms with Crippen LogP contribution in [0.4, 0.5) is 0 Å². The summed E-state index contributed by atoms with van der Waals surface area (Å²) in [6.07, 6.45) is 0. The Morgan fingerprint density at radius 1 is 1.50 bits per heavy atom. The normalized spacial score (nSPS) is 14.3. The van der Waals surface area contributed by atoms with Crippen LogP contribution in [0, 0.1) is 0 Å². The van der Waals surface area contributed by atoms with E-state index in [1.54, 1.807) is 0 Å². The molecule has 0 saturated heterocycles. The van der Waals surface area contributed by atoms with Crippen LogP contribution in [0.25, 0.3) is 0 Å². The zero-order chi connectivity index (χ0) is 13.0. The maximum Gasteiger partial charge on any atom is 0.325 e. The van der Waals surface area contributed by atoms with Crippen molar-refractivity contribution in [2.24, 2.45) is 0 Å². The van der Waals surface area contributed by atoms with Crippen LogP contribution >= 0.6 is 0 Å². The monoisotopic (exact) mass is 253 g/mol. The number of benzene rings is 1. The van der Waals surface area contributed by atoms with Crippen molar-refractivity contribution in [2.75, 3.05) is 20.5 Å². The number of ether oxygens (including phenoxy) is 3. The van der Waals surface area contributed by atoms with E-state index in [0.717, 1.165) is 5.56 Å². The van der Waals surface area contributed by atoms with Crippen molar-refractivity contribution < 1.29 is 24.1 Å². The molecule has 1 aromatic carbocycles. The number of hydrogen-bond acceptors (Lipinski definition) is 6. The minimum atomic E-state index is -0.722. The van der Waals surface area contributed by atoms with E-state index in [1.807, 2.05) is 18.2 Å². The average Bonchev–Trinajstić information content (AvgIpc) is 2.86. The Morgan fingerprint density at radius 3 is 3.00 bits per heavy atom. The van der Waals surface area contributed by atoms with Gasteiger partial charge in [0.2, 0.25) is 6.79 Å². The highest BCUT2D eigenvalue weighted by Gasteiger charge is 2.18. The first-order valence-corrected chi connectivity index (χ1v) is 5.55. The van der Waals surface area contributed by atoms with Gasteiger partial charge in [-0.1, -0.05) is 6.07 Å². The molecule has 1 aliphatic heterocycles. The summed E-state index contributed by atoms with van der Waals surface area (Å²) in [6.45, 7) is 0.349. The van der Waals surface area contributed by atoms with E-state index >= 15 is 0 Å². The topological polar surface area (TPSA) is 77.0 Å². The zero-order valence-corrected chi connectivity index (χ0v) is 10.0. The summed E-state index contributed by atoms with van der Waals surface area (Å²) in [4.78, 5) is 11.3. The zero-order valence-electron chi connectivity index (χ0n) is 10.0. The fraction of sp³-hybridized carbons (Fsp3) is 0.417. The van der Waals surface area contributed by atoms with Gasteiger partial charge >= 0.3 is 5.97 Å². The van der Waals surface area contributed by atoms with Crippen LogP contribution in [0.15, 0.2) is 18.2 Å². The molecule has 0 bridgehead atoms. The van der Waals surface area contributed by atoms with Crippen molar-refractivity contribution in [3.05, 3.63) is 23.8 Å². The van der Waals surface area contributed by atoms with Crippen molar-refractivity contribution in [3.63, 3.8) is 0 Å². The summed E-state index contributed by atoms with van der Waals surface area (Å²) in [6, 6.07) is 4.79. The summed E-state index contributed by atoms with van der Waals surface area (Å²) in [5.41, 5.74) is 0.932. The molecule has 0 saturated carbocycles. The number of carbonyl (C=O) groups is 1. The highest BCUT2D eigenvalue weighted by atomic mass is 16.7. The predicted molar refractivity (Wildman–Crippen MR) is 62.3 cm³/mol. The molecule has 0 unspecified atom stereocenters. The number of methoxy groups -OCH3 is 1. The molecule has 0 spiro atoms. The molecule has 98 valence electrons. The van der Waals surface area contributed by atoms with Crippen molar-refractivity contribution in [2.45, 2.75) is 12.6 Å². The van der Waals surface area contributed by atoms with E-state index in [4.69, 9.17) is 14.6 Å². The molecule has 1 atom stereocenters. The number of rotatable bonds is 5. The Labute approximate surface area is 104 Å². The second-order valence-electron chi connectivity index (χ2n) is 3.83. The van der Waals surface area contributed by atoms with Crippen LogP contribution in [0.1, 0.15) is 5.56 Å². The molecule has 2 rings (SSSR count).